The van der Waals surface area contributed by atoms with Gasteiger partial charge in [0.1, 0.15) is 18.7 Å². The van der Waals surface area contributed by atoms with E-state index in [9.17, 15) is 14.4 Å². The van der Waals surface area contributed by atoms with E-state index in [0.717, 1.165) is 12.0 Å². The Kier molecular flexibility index (Phi) is 7.20. The van der Waals surface area contributed by atoms with Gasteiger partial charge in [0.2, 0.25) is 5.91 Å². The molecule has 0 spiro atoms. The molecule has 0 aromatic heterocycles. The summed E-state index contributed by atoms with van der Waals surface area (Å²) >= 11 is 0. The lowest BCUT2D eigenvalue weighted by molar-refractivity contribution is -0.152. The minimum absolute atomic E-state index is 0.121. The second-order valence-corrected chi connectivity index (χ2v) is 9.01. The van der Waals surface area contributed by atoms with Gasteiger partial charge in [-0.1, -0.05) is 30.3 Å². The number of nitrogens with zero attached hydrogens (tertiary/aromatic N) is 2. The Morgan fingerprint density at radius 1 is 1.06 bits per heavy atom. The topological polar surface area (TPSA) is 85.4 Å². The molecule has 3 rings (SSSR count). The molecule has 0 bridgehead atoms. The summed E-state index contributed by atoms with van der Waals surface area (Å²) in [6.45, 7) is 6.66. The van der Waals surface area contributed by atoms with Gasteiger partial charge in [-0.2, -0.15) is 0 Å². The largest absolute Gasteiger partial charge is 0.467 e. The van der Waals surface area contributed by atoms with Gasteiger partial charge in [-0.25, -0.2) is 9.59 Å². The van der Waals surface area contributed by atoms with Gasteiger partial charge in [0.05, 0.1) is 25.4 Å². The SMILES string of the molecule is COC(=O)[C@H]1CCCN1C(=O)[C@@H]1C[C@@H](OC(C)(C)C)CN1C(=O)OCc1ccccc1. The number of hydrogen-bond acceptors (Lipinski definition) is 6. The van der Waals surface area contributed by atoms with E-state index < -0.39 is 29.7 Å². The molecule has 3 atom stereocenters. The van der Waals surface area contributed by atoms with Crippen molar-refractivity contribution in [2.45, 2.75) is 70.4 Å². The lowest BCUT2D eigenvalue weighted by atomic mass is 10.1. The number of methoxy groups -OCH3 is 1. The lowest BCUT2D eigenvalue weighted by Gasteiger charge is -2.29. The molecule has 0 aliphatic carbocycles. The van der Waals surface area contributed by atoms with Crippen LogP contribution in [0, 0.1) is 0 Å². The van der Waals surface area contributed by atoms with Crippen LogP contribution < -0.4 is 0 Å². The van der Waals surface area contributed by atoms with Gasteiger partial charge in [-0.3, -0.25) is 9.69 Å². The van der Waals surface area contributed by atoms with Gasteiger partial charge in [0.15, 0.2) is 0 Å². The van der Waals surface area contributed by atoms with Crippen molar-refractivity contribution in [1.82, 2.24) is 9.80 Å². The zero-order valence-corrected chi connectivity index (χ0v) is 18.7. The van der Waals surface area contributed by atoms with Crippen LogP contribution in [0.25, 0.3) is 0 Å². The first-order chi connectivity index (χ1) is 14.7. The Morgan fingerprint density at radius 2 is 1.77 bits per heavy atom. The summed E-state index contributed by atoms with van der Waals surface area (Å²) in [4.78, 5) is 41.4. The van der Waals surface area contributed by atoms with E-state index in [2.05, 4.69) is 0 Å². The van der Waals surface area contributed by atoms with Gasteiger partial charge in [-0.05, 0) is 39.2 Å². The van der Waals surface area contributed by atoms with Crippen molar-refractivity contribution >= 4 is 18.0 Å². The van der Waals surface area contributed by atoms with Crippen LogP contribution in [0.15, 0.2) is 30.3 Å². The molecule has 2 saturated heterocycles. The van der Waals surface area contributed by atoms with Crippen LogP contribution >= 0.6 is 0 Å². The minimum Gasteiger partial charge on any atom is -0.467 e. The van der Waals surface area contributed by atoms with Crippen molar-refractivity contribution < 1.29 is 28.6 Å². The molecule has 2 aliphatic heterocycles. The smallest absolute Gasteiger partial charge is 0.410 e. The van der Waals surface area contributed by atoms with Gasteiger partial charge in [-0.15, -0.1) is 0 Å². The van der Waals surface area contributed by atoms with E-state index in [1.807, 2.05) is 51.1 Å². The molecule has 2 heterocycles. The predicted octanol–water partition coefficient (Wildman–Crippen LogP) is 2.75. The number of ether oxygens (including phenoxy) is 3. The second kappa shape index (κ2) is 9.68. The van der Waals surface area contributed by atoms with Gasteiger partial charge in [0, 0.05) is 13.0 Å². The fourth-order valence-electron chi connectivity index (χ4n) is 4.22. The normalized spacial score (nSPS) is 23.7. The summed E-state index contributed by atoms with van der Waals surface area (Å²) in [5.41, 5.74) is 0.454. The Hall–Kier alpha value is -2.61. The first kappa shape index (κ1) is 23.1. The van der Waals surface area contributed by atoms with Crippen LogP contribution in [0.1, 0.15) is 45.6 Å². The molecule has 8 nitrogen and oxygen atoms in total. The van der Waals surface area contributed by atoms with Gasteiger partial charge in [0.25, 0.3) is 0 Å². The Morgan fingerprint density at radius 3 is 2.42 bits per heavy atom. The third-order valence-electron chi connectivity index (χ3n) is 5.52. The summed E-state index contributed by atoms with van der Waals surface area (Å²) < 4.78 is 16.4. The molecular weight excluding hydrogens is 400 g/mol. The maximum Gasteiger partial charge on any atom is 0.410 e. The van der Waals surface area contributed by atoms with E-state index in [0.29, 0.717) is 19.4 Å². The molecule has 0 radical (unpaired) electrons. The third-order valence-corrected chi connectivity index (χ3v) is 5.52. The van der Waals surface area contributed by atoms with Gasteiger partial charge >= 0.3 is 12.1 Å². The third kappa shape index (κ3) is 5.76. The predicted molar refractivity (Wildman–Crippen MR) is 113 cm³/mol. The van der Waals surface area contributed by atoms with Crippen molar-refractivity contribution in [2.75, 3.05) is 20.2 Å². The highest BCUT2D eigenvalue weighted by molar-refractivity contribution is 5.90. The summed E-state index contributed by atoms with van der Waals surface area (Å²) in [7, 11) is 1.32. The van der Waals surface area contributed by atoms with Crippen LogP contribution in [0.4, 0.5) is 4.79 Å². The summed E-state index contributed by atoms with van der Waals surface area (Å²) in [5.74, 6) is -0.686. The van der Waals surface area contributed by atoms with Crippen LogP contribution in [0.5, 0.6) is 0 Å². The molecule has 31 heavy (non-hydrogen) atoms. The highest BCUT2D eigenvalue weighted by atomic mass is 16.6. The molecule has 2 aliphatic rings. The van der Waals surface area contributed by atoms with Crippen LogP contribution in [-0.4, -0.2) is 71.8 Å². The first-order valence-corrected chi connectivity index (χ1v) is 10.7. The number of carbonyl (C=O) groups excluding carboxylic acids is 3. The molecule has 0 N–H and O–H groups in total. The van der Waals surface area contributed by atoms with E-state index in [1.165, 1.54) is 16.9 Å². The van der Waals surface area contributed by atoms with E-state index in [1.54, 1.807) is 0 Å². The highest BCUT2D eigenvalue weighted by Gasteiger charge is 2.46. The lowest BCUT2D eigenvalue weighted by Crippen LogP contribution is -2.51. The van der Waals surface area contributed by atoms with Crippen molar-refractivity contribution in [3.8, 4) is 0 Å². The fourth-order valence-corrected chi connectivity index (χ4v) is 4.22. The van der Waals surface area contributed by atoms with Gasteiger partial charge < -0.3 is 19.1 Å². The first-order valence-electron chi connectivity index (χ1n) is 10.7. The molecule has 2 fully saturated rings. The zero-order chi connectivity index (χ0) is 22.6. The molecule has 0 unspecified atom stereocenters. The van der Waals surface area contributed by atoms with Crippen molar-refractivity contribution in [1.29, 1.82) is 0 Å². The molecular formula is C23H32N2O6. The van der Waals surface area contributed by atoms with Crippen LogP contribution in [0.3, 0.4) is 0 Å². The molecule has 170 valence electrons. The fraction of sp³-hybridized carbons (Fsp3) is 0.609. The molecule has 1 aromatic rings. The maximum absolute atomic E-state index is 13.4. The maximum atomic E-state index is 13.4. The quantitative estimate of drug-likeness (QED) is 0.665. The molecule has 0 saturated carbocycles. The van der Waals surface area contributed by atoms with Crippen molar-refractivity contribution in [2.24, 2.45) is 0 Å². The molecule has 2 amide bonds. The van der Waals surface area contributed by atoms with E-state index in [4.69, 9.17) is 14.2 Å². The zero-order valence-electron chi connectivity index (χ0n) is 18.7. The number of hydrogen-bond donors (Lipinski definition) is 0. The Balaban J connectivity index is 1.74. The van der Waals surface area contributed by atoms with Crippen molar-refractivity contribution in [3.63, 3.8) is 0 Å². The van der Waals surface area contributed by atoms with E-state index in [-0.39, 0.29) is 25.2 Å². The second-order valence-electron chi connectivity index (χ2n) is 9.01. The van der Waals surface area contributed by atoms with Crippen molar-refractivity contribution in [3.05, 3.63) is 35.9 Å². The average Bonchev–Trinajstić information content (AvgIpc) is 3.38. The number of amides is 2. The summed E-state index contributed by atoms with van der Waals surface area (Å²) in [5, 5.41) is 0. The monoisotopic (exact) mass is 432 g/mol. The number of likely N-dealkylation sites (tertiary alicyclic amines) is 2. The highest BCUT2D eigenvalue weighted by Crippen LogP contribution is 2.29. The van der Waals surface area contributed by atoms with E-state index >= 15 is 0 Å². The average molecular weight is 433 g/mol. The molecule has 1 aromatic carbocycles. The minimum atomic E-state index is -0.735. The molecule has 8 heteroatoms. The standard InChI is InChI=1S/C23H32N2O6/c1-23(2,3)31-17-13-19(20(26)24-12-8-11-18(24)21(27)29-4)25(14-17)22(28)30-15-16-9-6-5-7-10-16/h5-7,9-10,17-19H,8,11-15H2,1-4H3/t17-,18-,19+/m1/s1. The summed E-state index contributed by atoms with van der Waals surface area (Å²) in [6.07, 6.45) is 0.791. The van der Waals surface area contributed by atoms with Crippen LogP contribution in [0.2, 0.25) is 0 Å². The number of carbonyl (C=O) groups is 3. The number of esters is 1. The Labute approximate surface area is 183 Å². The van der Waals surface area contributed by atoms with Crippen LogP contribution in [-0.2, 0) is 30.4 Å². The number of benzene rings is 1. The summed E-state index contributed by atoms with van der Waals surface area (Å²) in [6, 6.07) is 8.04. The Bertz CT molecular complexity index is 791. The number of rotatable bonds is 5.